The highest BCUT2D eigenvalue weighted by molar-refractivity contribution is 7.12. The maximum atomic E-state index is 13.4. The Morgan fingerprint density at radius 1 is 1.37 bits per heavy atom. The number of aromatic nitrogens is 1. The van der Waals surface area contributed by atoms with Crippen molar-refractivity contribution in [1.29, 1.82) is 0 Å². The van der Waals surface area contributed by atoms with Crippen LogP contribution < -0.4 is 10.1 Å². The topological polar surface area (TPSA) is 34.1 Å². The molecule has 0 bridgehead atoms. The van der Waals surface area contributed by atoms with Crippen molar-refractivity contribution < 1.29 is 9.13 Å². The minimum atomic E-state index is -0.317. The van der Waals surface area contributed by atoms with Gasteiger partial charge in [0, 0.05) is 17.8 Å². The first-order valence-electron chi connectivity index (χ1n) is 6.43. The Morgan fingerprint density at radius 3 is 3.11 bits per heavy atom. The summed E-state index contributed by atoms with van der Waals surface area (Å²) in [6, 6.07) is 6.47. The van der Waals surface area contributed by atoms with E-state index in [-0.39, 0.29) is 5.82 Å². The van der Waals surface area contributed by atoms with Gasteiger partial charge in [-0.3, -0.25) is 0 Å². The molecule has 3 nitrogen and oxygen atoms in total. The van der Waals surface area contributed by atoms with Gasteiger partial charge in [0.05, 0.1) is 11.6 Å². The van der Waals surface area contributed by atoms with Crippen LogP contribution in [0, 0.1) is 5.82 Å². The van der Waals surface area contributed by atoms with Gasteiger partial charge in [-0.05, 0) is 25.0 Å². The zero-order valence-corrected chi connectivity index (χ0v) is 11.3. The Hall–Kier alpha value is -1.62. The Labute approximate surface area is 115 Å². The molecule has 0 fully saturated rings. The summed E-state index contributed by atoms with van der Waals surface area (Å²) in [7, 11) is 0. The molecule has 1 aromatic carbocycles. The molecule has 1 N–H and O–H groups in total. The molecule has 0 saturated heterocycles. The highest BCUT2D eigenvalue weighted by Crippen LogP contribution is 2.28. The molecule has 3 rings (SSSR count). The van der Waals surface area contributed by atoms with Gasteiger partial charge in [-0.2, -0.15) is 0 Å². The molecule has 1 aromatic heterocycles. The van der Waals surface area contributed by atoms with E-state index < -0.39 is 0 Å². The SMILES string of the molecule is Fc1ccccc1OCCc1nc2c(s1)CCCN2. The van der Waals surface area contributed by atoms with Crippen LogP contribution in [0.1, 0.15) is 16.3 Å². The standard InChI is InChI=1S/C14H15FN2OS/c15-10-4-1-2-5-11(10)18-9-7-13-17-14-12(19-13)6-3-8-16-14/h1-2,4-5,16H,3,6-9H2. The molecule has 1 aliphatic heterocycles. The number of fused-ring (bicyclic) bond motifs is 1. The Balaban J connectivity index is 1.58. The van der Waals surface area contributed by atoms with E-state index in [9.17, 15) is 4.39 Å². The maximum absolute atomic E-state index is 13.4. The maximum Gasteiger partial charge on any atom is 0.165 e. The number of rotatable bonds is 4. The van der Waals surface area contributed by atoms with E-state index in [1.807, 2.05) is 0 Å². The number of ether oxygens (including phenoxy) is 1. The van der Waals surface area contributed by atoms with Gasteiger partial charge in [-0.25, -0.2) is 9.37 Å². The lowest BCUT2D eigenvalue weighted by atomic mass is 10.2. The van der Waals surface area contributed by atoms with Crippen molar-refractivity contribution in [3.05, 3.63) is 40.0 Å². The number of thiazole rings is 1. The zero-order valence-electron chi connectivity index (χ0n) is 10.5. The molecule has 2 aromatic rings. The molecule has 0 aliphatic carbocycles. The lowest BCUT2D eigenvalue weighted by molar-refractivity contribution is 0.305. The van der Waals surface area contributed by atoms with Crippen LogP contribution >= 0.6 is 11.3 Å². The number of halogens is 1. The monoisotopic (exact) mass is 278 g/mol. The zero-order chi connectivity index (χ0) is 13.1. The first kappa shape index (κ1) is 12.4. The Bertz CT molecular complexity index is 547. The first-order chi connectivity index (χ1) is 9.33. The number of benzene rings is 1. The fourth-order valence-corrected chi connectivity index (χ4v) is 3.15. The number of para-hydroxylation sites is 1. The van der Waals surface area contributed by atoms with Crippen LogP contribution in [0.3, 0.4) is 0 Å². The van der Waals surface area contributed by atoms with E-state index >= 15 is 0 Å². The van der Waals surface area contributed by atoms with E-state index in [2.05, 4.69) is 10.3 Å². The predicted molar refractivity (Wildman–Crippen MR) is 74.5 cm³/mol. The van der Waals surface area contributed by atoms with E-state index in [0.717, 1.165) is 23.8 Å². The summed E-state index contributed by atoms with van der Waals surface area (Å²) in [5.41, 5.74) is 0. The minimum absolute atomic E-state index is 0.307. The normalized spacial score (nSPS) is 13.7. The summed E-state index contributed by atoms with van der Waals surface area (Å²) in [4.78, 5) is 5.86. The van der Waals surface area contributed by atoms with Crippen LogP contribution in [0.15, 0.2) is 24.3 Å². The average Bonchev–Trinajstić information content (AvgIpc) is 2.83. The molecule has 0 unspecified atom stereocenters. The Kier molecular flexibility index (Phi) is 3.64. The second-order valence-corrected chi connectivity index (χ2v) is 5.61. The van der Waals surface area contributed by atoms with Crippen LogP contribution in [-0.2, 0) is 12.8 Å². The molecule has 100 valence electrons. The second-order valence-electron chi connectivity index (χ2n) is 4.44. The molecule has 0 amide bonds. The number of hydrogen-bond donors (Lipinski definition) is 1. The van der Waals surface area contributed by atoms with Crippen molar-refractivity contribution in [3.63, 3.8) is 0 Å². The summed E-state index contributed by atoms with van der Waals surface area (Å²) in [5, 5.41) is 4.35. The fraction of sp³-hybridized carbons (Fsp3) is 0.357. The van der Waals surface area contributed by atoms with Gasteiger partial charge < -0.3 is 10.1 Å². The molecule has 19 heavy (non-hydrogen) atoms. The smallest absolute Gasteiger partial charge is 0.165 e. The van der Waals surface area contributed by atoms with Crippen LogP contribution in [0.4, 0.5) is 10.2 Å². The lowest BCUT2D eigenvalue weighted by Crippen LogP contribution is -2.10. The third-order valence-corrected chi connectivity index (χ3v) is 4.20. The summed E-state index contributed by atoms with van der Waals surface area (Å²) in [5.74, 6) is 1.02. The lowest BCUT2D eigenvalue weighted by Gasteiger charge is -2.10. The molecule has 0 spiro atoms. The number of nitrogens with one attached hydrogen (secondary N) is 1. The summed E-state index contributed by atoms with van der Waals surface area (Å²) >= 11 is 1.73. The van der Waals surface area contributed by atoms with E-state index in [4.69, 9.17) is 4.74 Å². The van der Waals surface area contributed by atoms with Gasteiger partial charge in [0.25, 0.3) is 0 Å². The van der Waals surface area contributed by atoms with Gasteiger partial charge >= 0.3 is 0 Å². The van der Waals surface area contributed by atoms with Crippen molar-refractivity contribution in [2.24, 2.45) is 0 Å². The first-order valence-corrected chi connectivity index (χ1v) is 7.24. The van der Waals surface area contributed by atoms with Gasteiger partial charge in [0.1, 0.15) is 5.82 Å². The fourth-order valence-electron chi connectivity index (χ4n) is 2.08. The molecule has 1 aliphatic rings. The van der Waals surface area contributed by atoms with E-state index in [0.29, 0.717) is 18.8 Å². The quantitative estimate of drug-likeness (QED) is 0.932. The van der Waals surface area contributed by atoms with Crippen molar-refractivity contribution in [2.45, 2.75) is 19.3 Å². The predicted octanol–water partition coefficient (Wildman–Crippen LogP) is 3.26. The van der Waals surface area contributed by atoms with Crippen LogP contribution in [0.25, 0.3) is 0 Å². The van der Waals surface area contributed by atoms with Crippen LogP contribution in [-0.4, -0.2) is 18.1 Å². The van der Waals surface area contributed by atoms with Gasteiger partial charge in [0.2, 0.25) is 0 Å². The van der Waals surface area contributed by atoms with Crippen molar-refractivity contribution >= 4 is 17.2 Å². The summed E-state index contributed by atoms with van der Waals surface area (Å²) in [6.45, 7) is 1.45. The third-order valence-electron chi connectivity index (χ3n) is 3.02. The second kappa shape index (κ2) is 5.57. The van der Waals surface area contributed by atoms with Crippen LogP contribution in [0.5, 0.6) is 5.75 Å². The summed E-state index contributed by atoms with van der Waals surface area (Å²) < 4.78 is 18.8. The number of nitrogens with zero attached hydrogens (tertiary/aromatic N) is 1. The molecule has 0 atom stereocenters. The Morgan fingerprint density at radius 2 is 2.26 bits per heavy atom. The van der Waals surface area contributed by atoms with E-state index in [1.165, 1.54) is 17.4 Å². The molecule has 0 saturated carbocycles. The van der Waals surface area contributed by atoms with Crippen molar-refractivity contribution in [1.82, 2.24) is 4.98 Å². The molecule has 0 radical (unpaired) electrons. The number of hydrogen-bond acceptors (Lipinski definition) is 4. The average molecular weight is 278 g/mol. The van der Waals surface area contributed by atoms with Gasteiger partial charge in [-0.15, -0.1) is 11.3 Å². The minimum Gasteiger partial charge on any atom is -0.490 e. The van der Waals surface area contributed by atoms with Gasteiger partial charge in [-0.1, -0.05) is 12.1 Å². The number of anilines is 1. The number of aryl methyl sites for hydroxylation is 1. The van der Waals surface area contributed by atoms with E-state index in [1.54, 1.807) is 29.5 Å². The highest BCUT2D eigenvalue weighted by Gasteiger charge is 2.14. The molecular weight excluding hydrogens is 263 g/mol. The largest absolute Gasteiger partial charge is 0.490 e. The van der Waals surface area contributed by atoms with Crippen molar-refractivity contribution in [2.75, 3.05) is 18.5 Å². The van der Waals surface area contributed by atoms with Gasteiger partial charge in [0.15, 0.2) is 11.6 Å². The third kappa shape index (κ3) is 2.87. The summed E-state index contributed by atoms with van der Waals surface area (Å²) in [6.07, 6.45) is 2.99. The molecule has 5 heteroatoms. The highest BCUT2D eigenvalue weighted by atomic mass is 32.1. The molecular formula is C14H15FN2OS. The van der Waals surface area contributed by atoms with Crippen molar-refractivity contribution in [3.8, 4) is 5.75 Å². The molecule has 2 heterocycles. The van der Waals surface area contributed by atoms with Crippen LogP contribution in [0.2, 0.25) is 0 Å².